The highest BCUT2D eigenvalue weighted by Crippen LogP contribution is 2.26. The molecular formula is C19H24ClN3O3. The minimum Gasteiger partial charge on any atom is -0.344 e. The molecule has 3 amide bonds. The molecule has 0 unspecified atom stereocenters. The number of carbonyl (C=O) groups is 3. The van der Waals surface area contributed by atoms with Crippen molar-refractivity contribution in [1.29, 1.82) is 0 Å². The predicted octanol–water partition coefficient (Wildman–Crippen LogP) is 2.96. The summed E-state index contributed by atoms with van der Waals surface area (Å²) >= 11 is 6.31. The van der Waals surface area contributed by atoms with Gasteiger partial charge in [0, 0.05) is 25.2 Å². The fourth-order valence-corrected chi connectivity index (χ4v) is 3.89. The topological polar surface area (TPSA) is 78.5 Å². The first-order valence-electron chi connectivity index (χ1n) is 9.12. The number of rotatable bonds is 4. The summed E-state index contributed by atoms with van der Waals surface area (Å²) in [7, 11) is 1.83. The van der Waals surface area contributed by atoms with Crippen LogP contribution in [0, 0.1) is 0 Å². The molecule has 2 N–H and O–H groups in total. The molecule has 1 saturated heterocycles. The van der Waals surface area contributed by atoms with E-state index in [1.807, 2.05) is 7.05 Å². The summed E-state index contributed by atoms with van der Waals surface area (Å²) in [6, 6.07) is 4.64. The van der Waals surface area contributed by atoms with Crippen LogP contribution < -0.4 is 10.6 Å². The number of hydrogen-bond donors (Lipinski definition) is 2. The minimum absolute atomic E-state index is 0.0946. The SMILES string of the molecule is CN(C(=O)c1ccc(NC(=O)[C@@H]2CCC(=O)N2)cc1Cl)C1CCCCC1. The van der Waals surface area contributed by atoms with E-state index < -0.39 is 6.04 Å². The van der Waals surface area contributed by atoms with Crippen LogP contribution in [0.1, 0.15) is 55.3 Å². The van der Waals surface area contributed by atoms with Crippen molar-refractivity contribution in [2.24, 2.45) is 0 Å². The van der Waals surface area contributed by atoms with E-state index >= 15 is 0 Å². The smallest absolute Gasteiger partial charge is 0.255 e. The highest BCUT2D eigenvalue weighted by molar-refractivity contribution is 6.34. The Morgan fingerprint density at radius 3 is 2.54 bits per heavy atom. The lowest BCUT2D eigenvalue weighted by Gasteiger charge is -2.31. The van der Waals surface area contributed by atoms with Gasteiger partial charge in [-0.1, -0.05) is 30.9 Å². The molecular weight excluding hydrogens is 354 g/mol. The van der Waals surface area contributed by atoms with E-state index in [9.17, 15) is 14.4 Å². The summed E-state index contributed by atoms with van der Waals surface area (Å²) in [5.41, 5.74) is 0.949. The maximum atomic E-state index is 12.8. The molecule has 140 valence electrons. The van der Waals surface area contributed by atoms with Crippen LogP contribution >= 0.6 is 11.6 Å². The zero-order valence-corrected chi connectivity index (χ0v) is 15.6. The van der Waals surface area contributed by atoms with Gasteiger partial charge in [-0.3, -0.25) is 14.4 Å². The molecule has 0 bridgehead atoms. The first-order valence-corrected chi connectivity index (χ1v) is 9.50. The zero-order chi connectivity index (χ0) is 18.7. The van der Waals surface area contributed by atoms with Crippen molar-refractivity contribution in [2.45, 2.75) is 57.0 Å². The van der Waals surface area contributed by atoms with E-state index in [1.165, 1.54) is 6.42 Å². The van der Waals surface area contributed by atoms with Crippen molar-refractivity contribution in [2.75, 3.05) is 12.4 Å². The third-order valence-corrected chi connectivity index (χ3v) is 5.53. The summed E-state index contributed by atoms with van der Waals surface area (Å²) in [4.78, 5) is 37.9. The molecule has 1 saturated carbocycles. The Morgan fingerprint density at radius 2 is 1.92 bits per heavy atom. The van der Waals surface area contributed by atoms with Gasteiger partial charge in [0.1, 0.15) is 6.04 Å². The largest absolute Gasteiger partial charge is 0.344 e. The summed E-state index contributed by atoms with van der Waals surface area (Å²) in [5.74, 6) is -0.483. The van der Waals surface area contributed by atoms with E-state index in [0.29, 0.717) is 29.1 Å². The van der Waals surface area contributed by atoms with Crippen LogP contribution in [0.25, 0.3) is 0 Å². The van der Waals surface area contributed by atoms with Gasteiger partial charge >= 0.3 is 0 Å². The van der Waals surface area contributed by atoms with Crippen LogP contribution in [0.2, 0.25) is 5.02 Å². The lowest BCUT2D eigenvalue weighted by atomic mass is 9.94. The van der Waals surface area contributed by atoms with E-state index in [-0.39, 0.29) is 23.8 Å². The number of halogens is 1. The second-order valence-electron chi connectivity index (χ2n) is 7.05. The van der Waals surface area contributed by atoms with Gasteiger partial charge < -0.3 is 15.5 Å². The number of anilines is 1. The average Bonchev–Trinajstić information content (AvgIpc) is 3.08. The molecule has 2 fully saturated rings. The van der Waals surface area contributed by atoms with Crippen molar-refractivity contribution < 1.29 is 14.4 Å². The number of nitrogens with zero attached hydrogens (tertiary/aromatic N) is 1. The molecule has 0 radical (unpaired) electrons. The molecule has 1 aliphatic carbocycles. The van der Waals surface area contributed by atoms with Crippen molar-refractivity contribution in [1.82, 2.24) is 10.2 Å². The lowest BCUT2D eigenvalue weighted by Crippen LogP contribution is -2.38. The standard InChI is InChI=1S/C19H24ClN3O3/c1-23(13-5-3-2-4-6-13)19(26)14-8-7-12(11-15(14)20)21-18(25)16-9-10-17(24)22-16/h7-8,11,13,16H,2-6,9-10H2,1H3,(H,21,25)(H,22,24)/t16-/m0/s1. The summed E-state index contributed by atoms with van der Waals surface area (Å²) in [6.07, 6.45) is 6.44. The van der Waals surface area contributed by atoms with Gasteiger partial charge in [-0.15, -0.1) is 0 Å². The molecule has 2 aliphatic rings. The maximum absolute atomic E-state index is 12.8. The van der Waals surface area contributed by atoms with Gasteiger partial charge in [0.2, 0.25) is 11.8 Å². The molecule has 3 rings (SSSR count). The number of hydrogen-bond acceptors (Lipinski definition) is 3. The number of amides is 3. The van der Waals surface area contributed by atoms with Gasteiger partial charge in [-0.25, -0.2) is 0 Å². The van der Waals surface area contributed by atoms with Gasteiger partial charge in [0.05, 0.1) is 10.6 Å². The number of carbonyl (C=O) groups excluding carboxylic acids is 3. The van der Waals surface area contributed by atoms with Crippen molar-refractivity contribution >= 4 is 35.0 Å². The maximum Gasteiger partial charge on any atom is 0.255 e. The van der Waals surface area contributed by atoms with Crippen LogP contribution in [-0.2, 0) is 9.59 Å². The van der Waals surface area contributed by atoms with Crippen LogP contribution in [0.3, 0.4) is 0 Å². The highest BCUT2D eigenvalue weighted by atomic mass is 35.5. The first kappa shape index (κ1) is 18.7. The molecule has 1 heterocycles. The quantitative estimate of drug-likeness (QED) is 0.846. The van der Waals surface area contributed by atoms with Crippen molar-refractivity contribution in [3.8, 4) is 0 Å². The summed E-state index contributed by atoms with van der Waals surface area (Å²) in [6.45, 7) is 0. The molecule has 1 aliphatic heterocycles. The highest BCUT2D eigenvalue weighted by Gasteiger charge is 2.28. The molecule has 1 aromatic carbocycles. The number of benzene rings is 1. The second-order valence-corrected chi connectivity index (χ2v) is 7.46. The Kier molecular flexibility index (Phi) is 5.81. The summed E-state index contributed by atoms with van der Waals surface area (Å²) < 4.78 is 0. The van der Waals surface area contributed by atoms with Crippen LogP contribution in [0.5, 0.6) is 0 Å². The predicted molar refractivity (Wildman–Crippen MR) is 100 cm³/mol. The van der Waals surface area contributed by atoms with E-state index in [2.05, 4.69) is 10.6 Å². The normalized spacial score (nSPS) is 20.5. The molecule has 26 heavy (non-hydrogen) atoms. The van der Waals surface area contributed by atoms with E-state index in [4.69, 9.17) is 11.6 Å². The van der Waals surface area contributed by atoms with Gasteiger partial charge in [-0.05, 0) is 37.5 Å². The molecule has 0 aromatic heterocycles. The fourth-order valence-electron chi connectivity index (χ4n) is 3.63. The molecule has 6 nitrogen and oxygen atoms in total. The Morgan fingerprint density at radius 1 is 1.19 bits per heavy atom. The third-order valence-electron chi connectivity index (χ3n) is 5.22. The second kappa shape index (κ2) is 8.08. The van der Waals surface area contributed by atoms with Gasteiger partial charge in [0.15, 0.2) is 0 Å². The number of nitrogens with one attached hydrogen (secondary N) is 2. The lowest BCUT2D eigenvalue weighted by molar-refractivity contribution is -0.122. The fraction of sp³-hybridized carbons (Fsp3) is 0.526. The molecule has 1 aromatic rings. The molecule has 0 spiro atoms. The Balaban J connectivity index is 1.65. The zero-order valence-electron chi connectivity index (χ0n) is 14.9. The monoisotopic (exact) mass is 377 g/mol. The molecule has 7 heteroatoms. The van der Waals surface area contributed by atoms with Crippen LogP contribution in [0.15, 0.2) is 18.2 Å². The minimum atomic E-state index is -0.514. The third kappa shape index (κ3) is 4.18. The molecule has 1 atom stereocenters. The van der Waals surface area contributed by atoms with Crippen molar-refractivity contribution in [3.05, 3.63) is 28.8 Å². The summed E-state index contributed by atoms with van der Waals surface area (Å²) in [5, 5.41) is 5.68. The first-order chi connectivity index (χ1) is 12.5. The Labute approximate surface area is 158 Å². The van der Waals surface area contributed by atoms with Crippen molar-refractivity contribution in [3.63, 3.8) is 0 Å². The Bertz CT molecular complexity index is 716. The van der Waals surface area contributed by atoms with Gasteiger partial charge in [-0.2, -0.15) is 0 Å². The van der Waals surface area contributed by atoms with E-state index in [1.54, 1.807) is 23.1 Å². The van der Waals surface area contributed by atoms with Crippen LogP contribution in [-0.4, -0.2) is 41.8 Å². The van der Waals surface area contributed by atoms with Crippen LogP contribution in [0.4, 0.5) is 5.69 Å². The average molecular weight is 378 g/mol. The van der Waals surface area contributed by atoms with E-state index in [0.717, 1.165) is 25.7 Å². The Hall–Kier alpha value is -2.08. The van der Waals surface area contributed by atoms with Gasteiger partial charge in [0.25, 0.3) is 5.91 Å².